The summed E-state index contributed by atoms with van der Waals surface area (Å²) in [6.45, 7) is 5.45. The standard InChI is InChI=1S/C58H114NO7P/c1-6-8-10-12-14-16-18-20-22-24-26-27-28-29-30-31-32-34-36-38-40-42-44-46-48-50-53-63-55-57(56-65-67(61,62)64-54-52-59(3,4)5)66-58(60)51-49-47-45-43-41-39-37-35-33-25-23-21-19-17-15-13-11-9-7-2/h15,17,21,23,57H,6-14,16,18-20,22,24-56H2,1-5H3/b17-15-,23-21-. The van der Waals surface area contributed by atoms with Crippen molar-refractivity contribution < 1.29 is 37.3 Å². The number of phosphoric acid groups is 1. The van der Waals surface area contributed by atoms with Crippen molar-refractivity contribution in [2.45, 2.75) is 290 Å². The Labute approximate surface area is 417 Å². The highest BCUT2D eigenvalue weighted by molar-refractivity contribution is 7.45. The number of quaternary nitrogens is 1. The molecule has 0 rings (SSSR count). The minimum atomic E-state index is -4.53. The van der Waals surface area contributed by atoms with Gasteiger partial charge in [0.15, 0.2) is 0 Å². The summed E-state index contributed by atoms with van der Waals surface area (Å²) in [4.78, 5) is 25.2. The van der Waals surface area contributed by atoms with Gasteiger partial charge in [0, 0.05) is 13.0 Å². The molecule has 67 heavy (non-hydrogen) atoms. The molecule has 0 fully saturated rings. The van der Waals surface area contributed by atoms with Gasteiger partial charge in [-0.1, -0.05) is 256 Å². The van der Waals surface area contributed by atoms with Crippen molar-refractivity contribution in [1.29, 1.82) is 0 Å². The van der Waals surface area contributed by atoms with Gasteiger partial charge in [-0.15, -0.1) is 0 Å². The third-order valence-corrected chi connectivity index (χ3v) is 14.0. The molecule has 0 amide bonds. The van der Waals surface area contributed by atoms with Crippen LogP contribution in [0.5, 0.6) is 0 Å². The summed E-state index contributed by atoms with van der Waals surface area (Å²) in [5.41, 5.74) is 0. The lowest BCUT2D eigenvalue weighted by Crippen LogP contribution is -2.37. The first-order valence-electron chi connectivity index (χ1n) is 29.1. The first-order valence-corrected chi connectivity index (χ1v) is 30.5. The lowest BCUT2D eigenvalue weighted by Gasteiger charge is -2.28. The predicted molar refractivity (Wildman–Crippen MR) is 287 cm³/mol. The quantitative estimate of drug-likeness (QED) is 0.0197. The fraction of sp³-hybridized carbons (Fsp3) is 0.914. The third-order valence-electron chi connectivity index (χ3n) is 13.0. The highest BCUT2D eigenvalue weighted by atomic mass is 31.2. The van der Waals surface area contributed by atoms with Crippen LogP contribution in [0.1, 0.15) is 284 Å². The van der Waals surface area contributed by atoms with Crippen LogP contribution in [0.3, 0.4) is 0 Å². The van der Waals surface area contributed by atoms with Crippen molar-refractivity contribution in [2.75, 3.05) is 54.1 Å². The molecule has 0 aliphatic heterocycles. The van der Waals surface area contributed by atoms with E-state index in [9.17, 15) is 14.3 Å². The van der Waals surface area contributed by atoms with E-state index in [1.807, 2.05) is 21.1 Å². The maximum atomic E-state index is 12.8. The zero-order valence-corrected chi connectivity index (χ0v) is 46.3. The highest BCUT2D eigenvalue weighted by Crippen LogP contribution is 2.38. The Balaban J connectivity index is 4.01. The SMILES string of the molecule is CCCCC/C=C\C/C=C\CCCCCCCCCCCC(=O)OC(COCCCCCCCCCCCCCCCCCCCCCCCCCCCC)COP(=O)([O-])OCC[N+](C)(C)C. The van der Waals surface area contributed by atoms with Crippen molar-refractivity contribution in [3.63, 3.8) is 0 Å². The Morgan fingerprint density at radius 2 is 0.821 bits per heavy atom. The van der Waals surface area contributed by atoms with E-state index in [1.54, 1.807) is 0 Å². The number of ether oxygens (including phenoxy) is 2. The summed E-state index contributed by atoms with van der Waals surface area (Å²) in [6.07, 6.45) is 62.2. The summed E-state index contributed by atoms with van der Waals surface area (Å²) in [6, 6.07) is 0. The zero-order valence-electron chi connectivity index (χ0n) is 45.4. The Morgan fingerprint density at radius 1 is 0.463 bits per heavy atom. The molecule has 0 saturated carbocycles. The van der Waals surface area contributed by atoms with Gasteiger partial charge in [-0.05, 0) is 44.9 Å². The second-order valence-electron chi connectivity index (χ2n) is 21.0. The molecule has 8 nitrogen and oxygen atoms in total. The highest BCUT2D eigenvalue weighted by Gasteiger charge is 2.20. The van der Waals surface area contributed by atoms with Gasteiger partial charge in [0.2, 0.25) is 0 Å². The van der Waals surface area contributed by atoms with Crippen molar-refractivity contribution >= 4 is 13.8 Å². The van der Waals surface area contributed by atoms with Crippen LogP contribution in [0.25, 0.3) is 0 Å². The molecule has 0 aromatic heterocycles. The molecule has 398 valence electrons. The average molecular weight is 969 g/mol. The molecule has 0 spiro atoms. The zero-order chi connectivity index (χ0) is 49.0. The second-order valence-corrected chi connectivity index (χ2v) is 22.4. The van der Waals surface area contributed by atoms with E-state index >= 15 is 0 Å². The molecule has 0 N–H and O–H groups in total. The number of rotatable bonds is 55. The number of phosphoric ester groups is 1. The van der Waals surface area contributed by atoms with Crippen molar-refractivity contribution in [2.24, 2.45) is 0 Å². The van der Waals surface area contributed by atoms with Gasteiger partial charge in [-0.3, -0.25) is 9.36 Å². The van der Waals surface area contributed by atoms with E-state index in [4.69, 9.17) is 18.5 Å². The van der Waals surface area contributed by atoms with Gasteiger partial charge >= 0.3 is 5.97 Å². The Hall–Kier alpha value is -1.02. The number of likely N-dealkylation sites (N-methyl/N-ethyl adjacent to an activating group) is 1. The van der Waals surface area contributed by atoms with E-state index in [2.05, 4.69) is 38.2 Å². The van der Waals surface area contributed by atoms with E-state index in [-0.39, 0.29) is 25.8 Å². The van der Waals surface area contributed by atoms with Gasteiger partial charge in [0.25, 0.3) is 7.82 Å². The number of allylic oxidation sites excluding steroid dienone is 4. The molecule has 2 unspecified atom stereocenters. The molecule has 0 heterocycles. The van der Waals surface area contributed by atoms with Crippen LogP contribution < -0.4 is 4.89 Å². The number of hydrogen-bond acceptors (Lipinski definition) is 7. The normalized spacial score (nSPS) is 13.6. The summed E-state index contributed by atoms with van der Waals surface area (Å²) >= 11 is 0. The van der Waals surface area contributed by atoms with Crippen LogP contribution in [0, 0.1) is 0 Å². The first-order chi connectivity index (χ1) is 32.6. The molecular weight excluding hydrogens is 854 g/mol. The predicted octanol–water partition coefficient (Wildman–Crippen LogP) is 17.7. The van der Waals surface area contributed by atoms with Gasteiger partial charge in [0.1, 0.15) is 19.3 Å². The molecule has 0 aliphatic carbocycles. The van der Waals surface area contributed by atoms with Crippen molar-refractivity contribution in [3.05, 3.63) is 24.3 Å². The van der Waals surface area contributed by atoms with Crippen LogP contribution in [-0.4, -0.2) is 70.7 Å². The van der Waals surface area contributed by atoms with Gasteiger partial charge in [-0.2, -0.15) is 0 Å². The number of carbonyl (C=O) groups excluding carboxylic acids is 1. The summed E-state index contributed by atoms with van der Waals surface area (Å²) in [7, 11) is 1.37. The smallest absolute Gasteiger partial charge is 0.306 e. The van der Waals surface area contributed by atoms with Crippen LogP contribution in [-0.2, 0) is 27.9 Å². The summed E-state index contributed by atoms with van der Waals surface area (Å²) in [5, 5.41) is 0. The Kier molecular flexibility index (Phi) is 50.6. The number of unbranched alkanes of at least 4 members (excludes halogenated alkanes) is 37. The average Bonchev–Trinajstić information content (AvgIpc) is 3.29. The summed E-state index contributed by atoms with van der Waals surface area (Å²) < 4.78 is 34.9. The minimum Gasteiger partial charge on any atom is -0.756 e. The van der Waals surface area contributed by atoms with Crippen LogP contribution in [0.2, 0.25) is 0 Å². The van der Waals surface area contributed by atoms with E-state index < -0.39 is 13.9 Å². The van der Waals surface area contributed by atoms with Gasteiger partial charge in [0.05, 0.1) is 34.4 Å². The maximum absolute atomic E-state index is 12.8. The first kappa shape index (κ1) is 66.0. The molecule has 2 atom stereocenters. The number of nitrogens with zero attached hydrogens (tertiary/aromatic N) is 1. The fourth-order valence-corrected chi connectivity index (χ4v) is 9.25. The molecule has 0 aromatic rings. The molecule has 9 heteroatoms. The van der Waals surface area contributed by atoms with Crippen molar-refractivity contribution in [1.82, 2.24) is 0 Å². The lowest BCUT2D eigenvalue weighted by atomic mass is 10.0. The van der Waals surface area contributed by atoms with Gasteiger partial charge < -0.3 is 27.9 Å². The van der Waals surface area contributed by atoms with Crippen molar-refractivity contribution in [3.8, 4) is 0 Å². The van der Waals surface area contributed by atoms with Crippen LogP contribution >= 0.6 is 7.82 Å². The third kappa shape index (κ3) is 55.8. The molecule has 0 aromatic carbocycles. The lowest BCUT2D eigenvalue weighted by molar-refractivity contribution is -0.870. The molecule has 0 radical (unpaired) electrons. The van der Waals surface area contributed by atoms with Gasteiger partial charge in [-0.25, -0.2) is 0 Å². The second kappa shape index (κ2) is 51.3. The summed E-state index contributed by atoms with van der Waals surface area (Å²) in [5.74, 6) is -0.332. The van der Waals surface area contributed by atoms with E-state index in [0.29, 0.717) is 24.1 Å². The van der Waals surface area contributed by atoms with Crippen LogP contribution in [0.15, 0.2) is 24.3 Å². The molecular formula is C58H114NO7P. The topological polar surface area (TPSA) is 94.1 Å². The molecule has 0 bridgehead atoms. The number of esters is 1. The van der Waals surface area contributed by atoms with E-state index in [0.717, 1.165) is 38.5 Å². The van der Waals surface area contributed by atoms with Crippen LogP contribution in [0.4, 0.5) is 0 Å². The Morgan fingerprint density at radius 3 is 1.24 bits per heavy atom. The minimum absolute atomic E-state index is 0.0278. The number of hydrogen-bond donors (Lipinski definition) is 0. The van der Waals surface area contributed by atoms with E-state index in [1.165, 1.54) is 225 Å². The Bertz CT molecular complexity index is 1120. The molecule has 0 saturated heterocycles. The number of carbonyl (C=O) groups is 1. The fourth-order valence-electron chi connectivity index (χ4n) is 8.52. The monoisotopic (exact) mass is 968 g/mol. The molecule has 0 aliphatic rings. The largest absolute Gasteiger partial charge is 0.756 e. The maximum Gasteiger partial charge on any atom is 0.306 e.